The number of nitrogens with zero attached hydrogens (tertiary/aromatic N) is 1. The van der Waals surface area contributed by atoms with Gasteiger partial charge in [0.2, 0.25) is 5.78 Å². The predicted molar refractivity (Wildman–Crippen MR) is 98.6 cm³/mol. The molecule has 0 aliphatic heterocycles. The van der Waals surface area contributed by atoms with Gasteiger partial charge in [0.15, 0.2) is 5.78 Å². The molecule has 0 bridgehead atoms. The Morgan fingerprint density at radius 3 is 2.23 bits per heavy atom. The minimum absolute atomic E-state index is 0.00635. The highest BCUT2D eigenvalue weighted by molar-refractivity contribution is 6.32. The Labute approximate surface area is 153 Å². The number of carbonyl (C=O) groups is 3. The highest BCUT2D eigenvalue weighted by Crippen LogP contribution is 2.15. The van der Waals surface area contributed by atoms with E-state index in [1.165, 1.54) is 6.92 Å². The van der Waals surface area contributed by atoms with Gasteiger partial charge in [-0.25, -0.2) is 4.79 Å². The van der Waals surface area contributed by atoms with Crippen LogP contribution in [-0.4, -0.2) is 49.3 Å². The van der Waals surface area contributed by atoms with Crippen LogP contribution in [0.2, 0.25) is 0 Å². The molecule has 0 N–H and O–H groups in total. The van der Waals surface area contributed by atoms with Gasteiger partial charge in [-0.15, -0.1) is 0 Å². The van der Waals surface area contributed by atoms with E-state index < -0.39 is 11.8 Å². The number of esters is 1. The lowest BCUT2D eigenvalue weighted by atomic mass is 10.0. The van der Waals surface area contributed by atoms with Crippen molar-refractivity contribution in [2.24, 2.45) is 0 Å². The summed E-state index contributed by atoms with van der Waals surface area (Å²) in [5.74, 6) is -1.41. The average molecular weight is 354 g/mol. The number of Topliss-reactive ketones (excluding diaryl/α,β-unsaturated/α-hetero) is 1. The Bertz CT molecular complexity index is 797. The Kier molecular flexibility index (Phi) is 6.41. The van der Waals surface area contributed by atoms with Gasteiger partial charge in [0.05, 0.1) is 14.1 Å². The molecule has 0 atom stereocenters. The highest BCUT2D eigenvalue weighted by Gasteiger charge is 2.19. The standard InChI is InChI=1S/C21H24NO4/c1-16(23)21(25)26-13-12-22(2,3)15-17-8-7-11-19(14-17)20(24)18-9-5-4-6-10-18/h4-11,14H,12-13,15H2,1-3H3/q+1. The van der Waals surface area contributed by atoms with E-state index in [0.717, 1.165) is 5.56 Å². The van der Waals surface area contributed by atoms with Crippen LogP contribution >= 0.6 is 0 Å². The van der Waals surface area contributed by atoms with Crippen LogP contribution in [0.5, 0.6) is 0 Å². The number of carbonyl (C=O) groups excluding carboxylic acids is 3. The summed E-state index contributed by atoms with van der Waals surface area (Å²) in [4.78, 5) is 34.7. The zero-order chi connectivity index (χ0) is 19.2. The van der Waals surface area contributed by atoms with Crippen molar-refractivity contribution in [3.63, 3.8) is 0 Å². The normalized spacial score (nSPS) is 11.0. The van der Waals surface area contributed by atoms with Crippen molar-refractivity contribution < 1.29 is 23.6 Å². The van der Waals surface area contributed by atoms with Crippen LogP contribution in [0.15, 0.2) is 54.6 Å². The van der Waals surface area contributed by atoms with Gasteiger partial charge in [0.25, 0.3) is 0 Å². The maximum Gasteiger partial charge on any atom is 0.374 e. The first-order valence-electron chi connectivity index (χ1n) is 8.47. The van der Waals surface area contributed by atoms with E-state index in [0.29, 0.717) is 28.7 Å². The summed E-state index contributed by atoms with van der Waals surface area (Å²) in [6.07, 6.45) is 0. The van der Waals surface area contributed by atoms with Crippen LogP contribution in [0.3, 0.4) is 0 Å². The van der Waals surface area contributed by atoms with Crippen LogP contribution in [0.4, 0.5) is 0 Å². The Hall–Kier alpha value is -2.79. The van der Waals surface area contributed by atoms with Crippen molar-refractivity contribution in [1.82, 2.24) is 0 Å². The molecule has 0 aromatic heterocycles. The van der Waals surface area contributed by atoms with Crippen molar-refractivity contribution in [3.05, 3.63) is 71.3 Å². The van der Waals surface area contributed by atoms with Gasteiger partial charge in [-0.3, -0.25) is 9.59 Å². The molecule has 0 heterocycles. The second-order valence-electron chi connectivity index (χ2n) is 6.91. The minimum Gasteiger partial charge on any atom is -0.454 e. The summed E-state index contributed by atoms with van der Waals surface area (Å²) < 4.78 is 5.50. The highest BCUT2D eigenvalue weighted by atomic mass is 16.5. The van der Waals surface area contributed by atoms with Gasteiger partial charge in [-0.05, 0) is 6.07 Å². The topological polar surface area (TPSA) is 60.4 Å². The van der Waals surface area contributed by atoms with E-state index in [1.54, 1.807) is 12.1 Å². The van der Waals surface area contributed by atoms with E-state index >= 15 is 0 Å². The molecule has 0 aliphatic carbocycles. The summed E-state index contributed by atoms with van der Waals surface area (Å²) in [5, 5.41) is 0. The van der Waals surface area contributed by atoms with Crippen LogP contribution in [-0.2, 0) is 20.9 Å². The van der Waals surface area contributed by atoms with E-state index in [4.69, 9.17) is 4.74 Å². The molecule has 2 rings (SSSR count). The number of hydrogen-bond donors (Lipinski definition) is 0. The van der Waals surface area contributed by atoms with Crippen molar-refractivity contribution >= 4 is 17.5 Å². The van der Waals surface area contributed by atoms with Crippen molar-refractivity contribution in [2.75, 3.05) is 27.2 Å². The lowest BCUT2D eigenvalue weighted by Gasteiger charge is -2.29. The molecule has 0 unspecified atom stereocenters. The van der Waals surface area contributed by atoms with Crippen molar-refractivity contribution in [3.8, 4) is 0 Å². The lowest BCUT2D eigenvalue weighted by Crippen LogP contribution is -2.42. The van der Waals surface area contributed by atoms with Gasteiger partial charge in [0, 0.05) is 23.6 Å². The Morgan fingerprint density at radius 1 is 0.923 bits per heavy atom. The molecule has 5 heteroatoms. The zero-order valence-corrected chi connectivity index (χ0v) is 15.4. The van der Waals surface area contributed by atoms with Gasteiger partial charge in [0.1, 0.15) is 19.7 Å². The SMILES string of the molecule is CC(=O)C(=O)OCC[N+](C)(C)Cc1cccc(C(=O)c2ccccc2)c1. The fraction of sp³-hybridized carbons (Fsp3) is 0.286. The molecule has 2 aromatic rings. The zero-order valence-electron chi connectivity index (χ0n) is 15.4. The summed E-state index contributed by atoms with van der Waals surface area (Å²) in [5.41, 5.74) is 2.33. The molecule has 0 saturated heterocycles. The van der Waals surface area contributed by atoms with Crippen LogP contribution in [0, 0.1) is 0 Å². The van der Waals surface area contributed by atoms with Crippen LogP contribution in [0.25, 0.3) is 0 Å². The summed E-state index contributed by atoms with van der Waals surface area (Å²) in [6, 6.07) is 16.7. The van der Waals surface area contributed by atoms with Gasteiger partial charge < -0.3 is 9.22 Å². The first-order valence-corrected chi connectivity index (χ1v) is 8.47. The van der Waals surface area contributed by atoms with E-state index in [-0.39, 0.29) is 12.4 Å². The summed E-state index contributed by atoms with van der Waals surface area (Å²) >= 11 is 0. The second kappa shape index (κ2) is 8.54. The fourth-order valence-corrected chi connectivity index (χ4v) is 2.63. The van der Waals surface area contributed by atoms with Gasteiger partial charge in [-0.2, -0.15) is 0 Å². The van der Waals surface area contributed by atoms with Crippen molar-refractivity contribution in [2.45, 2.75) is 13.5 Å². The maximum atomic E-state index is 12.6. The van der Waals surface area contributed by atoms with Gasteiger partial charge >= 0.3 is 5.97 Å². The van der Waals surface area contributed by atoms with Crippen molar-refractivity contribution in [1.29, 1.82) is 0 Å². The second-order valence-corrected chi connectivity index (χ2v) is 6.91. The van der Waals surface area contributed by atoms with E-state index in [2.05, 4.69) is 0 Å². The molecule has 26 heavy (non-hydrogen) atoms. The summed E-state index contributed by atoms with van der Waals surface area (Å²) in [7, 11) is 4.01. The third kappa shape index (κ3) is 5.63. The number of quaternary nitrogens is 1. The minimum atomic E-state index is -0.805. The maximum absolute atomic E-state index is 12.6. The number of rotatable bonds is 8. The van der Waals surface area contributed by atoms with E-state index in [9.17, 15) is 14.4 Å². The molecular formula is C21H24NO4+. The number of ketones is 2. The third-order valence-electron chi connectivity index (χ3n) is 4.05. The summed E-state index contributed by atoms with van der Waals surface area (Å²) in [6.45, 7) is 2.61. The molecule has 0 aliphatic rings. The predicted octanol–water partition coefficient (Wildman–Crippen LogP) is 2.63. The molecule has 0 saturated carbocycles. The molecule has 0 radical (unpaired) electrons. The van der Waals surface area contributed by atoms with Gasteiger partial charge in [-0.1, -0.05) is 48.5 Å². The smallest absolute Gasteiger partial charge is 0.374 e. The number of ether oxygens (including phenoxy) is 1. The quantitative estimate of drug-likeness (QED) is 0.316. The Balaban J connectivity index is 2.02. The third-order valence-corrected chi connectivity index (χ3v) is 4.05. The van der Waals surface area contributed by atoms with Crippen LogP contribution < -0.4 is 0 Å². The molecule has 136 valence electrons. The monoisotopic (exact) mass is 354 g/mol. The lowest BCUT2D eigenvalue weighted by molar-refractivity contribution is -0.903. The first kappa shape index (κ1) is 19.5. The Morgan fingerprint density at radius 2 is 1.58 bits per heavy atom. The first-order chi connectivity index (χ1) is 12.3. The fourth-order valence-electron chi connectivity index (χ4n) is 2.63. The average Bonchev–Trinajstić information content (AvgIpc) is 2.61. The molecule has 0 amide bonds. The van der Waals surface area contributed by atoms with E-state index in [1.807, 2.05) is 56.6 Å². The number of benzene rings is 2. The molecular weight excluding hydrogens is 330 g/mol. The molecule has 5 nitrogen and oxygen atoms in total. The molecule has 0 fully saturated rings. The number of likely N-dealkylation sites (N-methyl/N-ethyl adjacent to an activating group) is 1. The molecule has 2 aromatic carbocycles. The molecule has 0 spiro atoms. The van der Waals surface area contributed by atoms with Crippen LogP contribution in [0.1, 0.15) is 28.4 Å². The number of hydrogen-bond acceptors (Lipinski definition) is 4. The largest absolute Gasteiger partial charge is 0.454 e.